The van der Waals surface area contributed by atoms with E-state index in [1.54, 1.807) is 36.6 Å². The molecule has 1 fully saturated rings. The second-order valence-corrected chi connectivity index (χ2v) is 7.64. The van der Waals surface area contributed by atoms with E-state index in [0.717, 1.165) is 16.1 Å². The molecule has 1 amide bonds. The highest BCUT2D eigenvalue weighted by Crippen LogP contribution is 2.26. The van der Waals surface area contributed by atoms with Gasteiger partial charge in [0, 0.05) is 10.9 Å². The Hall–Kier alpha value is -3.23. The normalized spacial score (nSPS) is 16.9. The summed E-state index contributed by atoms with van der Waals surface area (Å²) in [6, 6.07) is 16.5. The fourth-order valence-electron chi connectivity index (χ4n) is 2.40. The van der Waals surface area contributed by atoms with Gasteiger partial charge in [0.15, 0.2) is 5.17 Å². The average Bonchev–Trinajstić information content (AvgIpc) is 3.31. The van der Waals surface area contributed by atoms with E-state index in [9.17, 15) is 9.90 Å². The number of hydrogen-bond acceptors (Lipinski definition) is 7. The number of thioether (sulfide) groups is 1. The van der Waals surface area contributed by atoms with Crippen molar-refractivity contribution in [2.45, 2.75) is 0 Å². The summed E-state index contributed by atoms with van der Waals surface area (Å²) in [6.45, 7) is 0. The second kappa shape index (κ2) is 8.20. The SMILES string of the molecule is O=C1N/C(=N/N=C/c2csc(-c3ccccc3)n2)S/C1=C/c1ccc(O)cc1. The maximum Gasteiger partial charge on any atom is 0.264 e. The Labute approximate surface area is 169 Å². The van der Waals surface area contributed by atoms with Crippen LogP contribution in [0.1, 0.15) is 11.3 Å². The number of carbonyl (C=O) groups is 1. The van der Waals surface area contributed by atoms with Crippen LogP contribution in [-0.2, 0) is 4.79 Å². The van der Waals surface area contributed by atoms with Crippen molar-refractivity contribution in [1.29, 1.82) is 0 Å². The Balaban J connectivity index is 1.43. The van der Waals surface area contributed by atoms with Gasteiger partial charge in [-0.05, 0) is 35.5 Å². The first kappa shape index (κ1) is 18.1. The molecule has 3 aromatic rings. The molecule has 0 bridgehead atoms. The molecule has 6 nitrogen and oxygen atoms in total. The molecule has 138 valence electrons. The lowest BCUT2D eigenvalue weighted by molar-refractivity contribution is -0.115. The van der Waals surface area contributed by atoms with E-state index in [1.165, 1.54) is 23.1 Å². The first-order valence-electron chi connectivity index (χ1n) is 8.29. The maximum absolute atomic E-state index is 12.1. The smallest absolute Gasteiger partial charge is 0.264 e. The van der Waals surface area contributed by atoms with Gasteiger partial charge in [-0.3, -0.25) is 10.1 Å². The number of phenols is 1. The van der Waals surface area contributed by atoms with Gasteiger partial charge in [0.1, 0.15) is 10.8 Å². The van der Waals surface area contributed by atoms with E-state index in [2.05, 4.69) is 20.5 Å². The topological polar surface area (TPSA) is 86.9 Å². The Morgan fingerprint density at radius 2 is 1.86 bits per heavy atom. The zero-order valence-corrected chi connectivity index (χ0v) is 16.1. The zero-order valence-electron chi connectivity index (χ0n) is 14.4. The van der Waals surface area contributed by atoms with Crippen LogP contribution in [-0.4, -0.2) is 27.4 Å². The zero-order chi connectivity index (χ0) is 19.3. The number of hydrogen-bond donors (Lipinski definition) is 2. The summed E-state index contributed by atoms with van der Waals surface area (Å²) in [5, 5.41) is 23.3. The molecule has 1 aliphatic heterocycles. The number of amides is 1. The van der Waals surface area contributed by atoms with Crippen molar-refractivity contribution in [1.82, 2.24) is 10.3 Å². The molecule has 1 aliphatic rings. The Bertz CT molecular complexity index is 1090. The molecular weight excluding hydrogens is 392 g/mol. The quantitative estimate of drug-likeness (QED) is 0.388. The summed E-state index contributed by atoms with van der Waals surface area (Å²) in [4.78, 5) is 17.1. The molecule has 0 spiro atoms. The van der Waals surface area contributed by atoms with Gasteiger partial charge in [0.05, 0.1) is 16.8 Å². The van der Waals surface area contributed by atoms with Gasteiger partial charge >= 0.3 is 0 Å². The van der Waals surface area contributed by atoms with Crippen molar-refractivity contribution in [2.75, 3.05) is 0 Å². The second-order valence-electron chi connectivity index (χ2n) is 5.75. The standard InChI is InChI=1S/C20H14N4O2S2/c25-16-8-6-13(7-9-16)10-17-18(26)23-20(28-17)24-21-11-15-12-27-19(22-15)14-4-2-1-3-5-14/h1-12,25H,(H,23,24,26)/b17-10+,21-11+. The fourth-order valence-corrected chi connectivity index (χ4v) is 3.95. The van der Waals surface area contributed by atoms with Crippen LogP contribution in [0.15, 0.2) is 75.1 Å². The van der Waals surface area contributed by atoms with E-state index >= 15 is 0 Å². The maximum atomic E-state index is 12.1. The number of aromatic hydroxyl groups is 1. The van der Waals surface area contributed by atoms with Crippen LogP contribution >= 0.6 is 23.1 Å². The Kier molecular flexibility index (Phi) is 5.31. The predicted molar refractivity (Wildman–Crippen MR) is 114 cm³/mol. The summed E-state index contributed by atoms with van der Waals surface area (Å²) in [6.07, 6.45) is 3.29. The van der Waals surface area contributed by atoms with Crippen LogP contribution in [0.2, 0.25) is 0 Å². The minimum Gasteiger partial charge on any atom is -0.508 e. The highest BCUT2D eigenvalue weighted by molar-refractivity contribution is 8.18. The Morgan fingerprint density at radius 3 is 2.64 bits per heavy atom. The van der Waals surface area contributed by atoms with Crippen molar-refractivity contribution >= 4 is 46.5 Å². The molecular formula is C20H14N4O2S2. The minimum atomic E-state index is -0.230. The van der Waals surface area contributed by atoms with E-state index in [-0.39, 0.29) is 11.7 Å². The highest BCUT2D eigenvalue weighted by Gasteiger charge is 2.23. The number of amidine groups is 1. The first-order chi connectivity index (χ1) is 13.7. The molecule has 4 rings (SSSR count). The van der Waals surface area contributed by atoms with Crippen LogP contribution in [0.25, 0.3) is 16.6 Å². The van der Waals surface area contributed by atoms with Crippen LogP contribution in [0, 0.1) is 0 Å². The van der Waals surface area contributed by atoms with Crippen LogP contribution in [0.3, 0.4) is 0 Å². The molecule has 2 heterocycles. The van der Waals surface area contributed by atoms with Gasteiger partial charge < -0.3 is 5.11 Å². The van der Waals surface area contributed by atoms with E-state index in [0.29, 0.717) is 15.8 Å². The molecule has 0 atom stereocenters. The lowest BCUT2D eigenvalue weighted by Gasteiger charge is -1.95. The third-order valence-corrected chi connectivity index (χ3v) is 5.53. The van der Waals surface area contributed by atoms with Crippen LogP contribution in [0.4, 0.5) is 0 Å². The van der Waals surface area contributed by atoms with Gasteiger partial charge in [0.2, 0.25) is 0 Å². The average molecular weight is 406 g/mol. The predicted octanol–water partition coefficient (Wildman–Crippen LogP) is 4.11. The van der Waals surface area contributed by atoms with E-state index in [1.807, 2.05) is 35.7 Å². The first-order valence-corrected chi connectivity index (χ1v) is 9.99. The largest absolute Gasteiger partial charge is 0.508 e. The number of aromatic nitrogens is 1. The summed E-state index contributed by atoms with van der Waals surface area (Å²) in [5.41, 5.74) is 2.58. The molecule has 8 heteroatoms. The number of nitrogens with zero attached hydrogens (tertiary/aromatic N) is 3. The summed E-state index contributed by atoms with van der Waals surface area (Å²) < 4.78 is 0. The fraction of sp³-hybridized carbons (Fsp3) is 0. The summed E-state index contributed by atoms with van der Waals surface area (Å²) in [7, 11) is 0. The highest BCUT2D eigenvalue weighted by atomic mass is 32.2. The molecule has 0 unspecified atom stereocenters. The van der Waals surface area contributed by atoms with Gasteiger partial charge in [0.25, 0.3) is 5.91 Å². The van der Waals surface area contributed by atoms with E-state index < -0.39 is 0 Å². The molecule has 0 saturated carbocycles. The molecule has 28 heavy (non-hydrogen) atoms. The molecule has 2 aromatic carbocycles. The molecule has 2 N–H and O–H groups in total. The minimum absolute atomic E-state index is 0.180. The van der Waals surface area contributed by atoms with Gasteiger partial charge in [-0.1, -0.05) is 42.5 Å². The molecule has 1 aromatic heterocycles. The number of rotatable bonds is 4. The van der Waals surface area contributed by atoms with Crippen molar-refractivity contribution in [3.05, 3.63) is 76.1 Å². The summed E-state index contributed by atoms with van der Waals surface area (Å²) >= 11 is 2.75. The number of benzene rings is 2. The number of nitrogens with one attached hydrogen (secondary N) is 1. The molecule has 0 aliphatic carbocycles. The molecule has 1 saturated heterocycles. The molecule has 0 radical (unpaired) electrons. The number of phenolic OH excluding ortho intramolecular Hbond substituents is 1. The third kappa shape index (κ3) is 4.36. The van der Waals surface area contributed by atoms with Gasteiger partial charge in [-0.2, -0.15) is 5.10 Å². The monoisotopic (exact) mass is 406 g/mol. The number of thiazole rings is 1. The van der Waals surface area contributed by atoms with E-state index in [4.69, 9.17) is 0 Å². The van der Waals surface area contributed by atoms with Gasteiger partial charge in [-0.15, -0.1) is 16.4 Å². The lowest BCUT2D eigenvalue weighted by Crippen LogP contribution is -2.19. The summed E-state index contributed by atoms with van der Waals surface area (Å²) in [5.74, 6) is -0.0493. The third-order valence-electron chi connectivity index (χ3n) is 3.72. The van der Waals surface area contributed by atoms with Crippen molar-refractivity contribution in [3.8, 4) is 16.3 Å². The Morgan fingerprint density at radius 1 is 1.07 bits per heavy atom. The van der Waals surface area contributed by atoms with Crippen molar-refractivity contribution in [2.24, 2.45) is 10.2 Å². The van der Waals surface area contributed by atoms with Crippen LogP contribution < -0.4 is 5.32 Å². The number of carbonyl (C=O) groups excluding carboxylic acids is 1. The lowest BCUT2D eigenvalue weighted by atomic mass is 10.2. The van der Waals surface area contributed by atoms with Crippen molar-refractivity contribution in [3.63, 3.8) is 0 Å². The van der Waals surface area contributed by atoms with Crippen LogP contribution in [0.5, 0.6) is 5.75 Å². The van der Waals surface area contributed by atoms with Crippen molar-refractivity contribution < 1.29 is 9.90 Å². The van der Waals surface area contributed by atoms with Gasteiger partial charge in [-0.25, -0.2) is 4.98 Å².